The molecule has 0 aliphatic carbocycles. The van der Waals surface area contributed by atoms with E-state index in [0.29, 0.717) is 17.8 Å². The monoisotopic (exact) mass is 604 g/mol. The third-order valence-electron chi connectivity index (χ3n) is 6.60. The molecule has 0 unspecified atom stereocenters. The van der Waals surface area contributed by atoms with Crippen molar-refractivity contribution in [3.63, 3.8) is 0 Å². The van der Waals surface area contributed by atoms with Crippen LogP contribution in [0.4, 0.5) is 0 Å². The Kier molecular flexibility index (Phi) is 16.6. The van der Waals surface area contributed by atoms with Crippen LogP contribution >= 0.6 is 7.92 Å². The molecule has 2 aromatic carbocycles. The molecule has 0 aliphatic rings. The minimum absolute atomic E-state index is 0. The predicted octanol–water partition coefficient (Wildman–Crippen LogP) is 11.4. The van der Waals surface area contributed by atoms with Crippen LogP contribution in [0.2, 0.25) is 0 Å². The van der Waals surface area contributed by atoms with E-state index in [1.807, 2.05) is 0 Å². The van der Waals surface area contributed by atoms with E-state index in [1.165, 1.54) is 40.7 Å². The molecule has 36 heavy (non-hydrogen) atoms. The van der Waals surface area contributed by atoms with E-state index in [9.17, 15) is 0 Å². The van der Waals surface area contributed by atoms with Crippen molar-refractivity contribution >= 4 is 13.2 Å². The topological polar surface area (TPSA) is 0 Å². The van der Waals surface area contributed by atoms with Gasteiger partial charge in [0.05, 0.1) is 10.3 Å². The summed E-state index contributed by atoms with van der Waals surface area (Å²) in [4.78, 5) is 0. The van der Waals surface area contributed by atoms with Crippen LogP contribution in [0.15, 0.2) is 36.4 Å². The summed E-state index contributed by atoms with van der Waals surface area (Å²) in [6.45, 7) is 33.1. The van der Waals surface area contributed by atoms with Gasteiger partial charge in [0.15, 0.2) is 0 Å². The number of hydrogen-bond acceptors (Lipinski definition) is 0. The van der Waals surface area contributed by atoms with Crippen molar-refractivity contribution in [1.29, 1.82) is 0 Å². The first-order valence-corrected chi connectivity index (χ1v) is 15.2. The summed E-state index contributed by atoms with van der Waals surface area (Å²) >= 11 is 0. The zero-order valence-electron chi connectivity index (χ0n) is 26.4. The molecule has 2 aromatic rings. The van der Waals surface area contributed by atoms with E-state index in [1.54, 1.807) is 5.30 Å². The molecule has 0 amide bonds. The van der Waals surface area contributed by atoms with Gasteiger partial charge in [-0.05, 0) is 87.6 Å². The van der Waals surface area contributed by atoms with Crippen molar-refractivity contribution in [2.45, 2.75) is 138 Å². The molecule has 0 nitrogen and oxygen atoms in total. The summed E-state index contributed by atoms with van der Waals surface area (Å²) in [5, 5.41) is 2.17. The molecule has 2 rings (SSSR count). The molecule has 0 fully saturated rings. The SMILES string of the molecule is CC(C)c1cc(C(C)C)c(-c2ccccc2[PH+](C(C)(C)C)C(C)(C)C)c(C(C)C)c1.CCCC.[CH3-].[Pd+2]. The quantitative estimate of drug-likeness (QED) is 0.175. The molecule has 0 aliphatic heterocycles. The van der Waals surface area contributed by atoms with Gasteiger partial charge in [-0.3, -0.25) is 0 Å². The molecule has 0 saturated carbocycles. The Balaban J connectivity index is 0. The molecule has 0 N–H and O–H groups in total. The van der Waals surface area contributed by atoms with E-state index >= 15 is 0 Å². The number of unbranched alkanes of at least 4 members (excludes halogenated alkanes) is 1. The van der Waals surface area contributed by atoms with Crippen LogP contribution in [-0.4, -0.2) is 10.3 Å². The van der Waals surface area contributed by atoms with Crippen molar-refractivity contribution in [3.05, 3.63) is 60.5 Å². The second kappa shape index (κ2) is 15.8. The standard InChI is InChI=1S/C29H45P.C4H10.CH3.Pd/c1-19(2)22-17-24(20(3)4)27(25(18-22)21(5)6)23-15-13-14-16-26(23)30(28(7,8)9)29(10,11)12;1-3-4-2;;/h13-21H,1-12H3;3-4H2,1-2H3;1H3;/q;;-1;+2/p+1. The average Bonchev–Trinajstić information content (AvgIpc) is 2.71. The van der Waals surface area contributed by atoms with Gasteiger partial charge < -0.3 is 7.43 Å². The molecule has 0 bridgehead atoms. The van der Waals surface area contributed by atoms with E-state index < -0.39 is 7.92 Å². The van der Waals surface area contributed by atoms with Crippen LogP contribution in [0.5, 0.6) is 0 Å². The zero-order chi connectivity index (χ0) is 26.4. The van der Waals surface area contributed by atoms with Crippen molar-refractivity contribution in [2.75, 3.05) is 0 Å². The molecule has 0 heterocycles. The fourth-order valence-corrected chi connectivity index (χ4v) is 9.73. The van der Waals surface area contributed by atoms with Crippen molar-refractivity contribution < 1.29 is 20.4 Å². The van der Waals surface area contributed by atoms with Gasteiger partial charge in [-0.25, -0.2) is 0 Å². The summed E-state index contributed by atoms with van der Waals surface area (Å²) in [6, 6.07) is 14.3. The minimum Gasteiger partial charge on any atom is -0.358 e. The van der Waals surface area contributed by atoms with Crippen molar-refractivity contribution in [1.82, 2.24) is 0 Å². The summed E-state index contributed by atoms with van der Waals surface area (Å²) < 4.78 is 0. The Morgan fingerprint density at radius 3 is 1.36 bits per heavy atom. The molecule has 0 spiro atoms. The molecular formula is C34H59PPd+2. The van der Waals surface area contributed by atoms with Gasteiger partial charge in [-0.2, -0.15) is 0 Å². The fraction of sp³-hybridized carbons (Fsp3) is 0.618. The maximum atomic E-state index is 2.49. The number of hydrogen-bond donors (Lipinski definition) is 0. The largest absolute Gasteiger partial charge is 2.00 e. The second-order valence-corrected chi connectivity index (χ2v) is 17.2. The molecule has 208 valence electrons. The fourth-order valence-electron chi connectivity index (χ4n) is 5.12. The van der Waals surface area contributed by atoms with Crippen LogP contribution in [0.3, 0.4) is 0 Å². The molecule has 0 radical (unpaired) electrons. The minimum atomic E-state index is -0.840. The van der Waals surface area contributed by atoms with E-state index in [4.69, 9.17) is 0 Å². The second-order valence-electron chi connectivity index (χ2n) is 13.0. The van der Waals surface area contributed by atoms with Crippen LogP contribution < -0.4 is 5.30 Å². The average molecular weight is 605 g/mol. The Hall–Kier alpha value is -0.468. The number of rotatable bonds is 6. The van der Waals surface area contributed by atoms with Gasteiger partial charge in [0, 0.05) is 13.5 Å². The first-order valence-electron chi connectivity index (χ1n) is 13.7. The predicted molar refractivity (Wildman–Crippen MR) is 169 cm³/mol. The molecule has 0 atom stereocenters. The third kappa shape index (κ3) is 10.0. The van der Waals surface area contributed by atoms with E-state index in [0.717, 1.165) is 0 Å². The van der Waals surface area contributed by atoms with Gasteiger partial charge >= 0.3 is 20.4 Å². The Bertz CT molecular complexity index is 849. The van der Waals surface area contributed by atoms with Crippen molar-refractivity contribution in [2.24, 2.45) is 0 Å². The Morgan fingerprint density at radius 2 is 1.06 bits per heavy atom. The summed E-state index contributed by atoms with van der Waals surface area (Å²) in [7, 11) is -0.840. The summed E-state index contributed by atoms with van der Waals surface area (Å²) in [5.74, 6) is 1.56. The van der Waals surface area contributed by atoms with Crippen molar-refractivity contribution in [3.8, 4) is 11.1 Å². The molecular weight excluding hydrogens is 546 g/mol. The van der Waals surface area contributed by atoms with Crippen LogP contribution in [0.25, 0.3) is 11.1 Å². The Morgan fingerprint density at radius 1 is 0.667 bits per heavy atom. The smallest absolute Gasteiger partial charge is 0.358 e. The van der Waals surface area contributed by atoms with Gasteiger partial charge in [0.1, 0.15) is 5.30 Å². The first kappa shape index (κ1) is 37.7. The summed E-state index contributed by atoms with van der Waals surface area (Å²) in [6.07, 6.45) is 2.64. The van der Waals surface area contributed by atoms with Crippen LogP contribution in [0, 0.1) is 7.43 Å². The normalized spacial score (nSPS) is 11.8. The van der Waals surface area contributed by atoms with Gasteiger partial charge in [0.25, 0.3) is 0 Å². The molecule has 0 aromatic heterocycles. The number of benzene rings is 2. The van der Waals surface area contributed by atoms with Crippen LogP contribution in [-0.2, 0) is 20.4 Å². The molecule has 2 heteroatoms. The summed E-state index contributed by atoms with van der Waals surface area (Å²) in [5.41, 5.74) is 7.50. The van der Waals surface area contributed by atoms with Gasteiger partial charge in [-0.1, -0.05) is 98.6 Å². The van der Waals surface area contributed by atoms with Gasteiger partial charge in [0.2, 0.25) is 0 Å². The Labute approximate surface area is 242 Å². The van der Waals surface area contributed by atoms with E-state index in [-0.39, 0.29) is 38.2 Å². The van der Waals surface area contributed by atoms with Gasteiger partial charge in [-0.15, -0.1) is 0 Å². The van der Waals surface area contributed by atoms with E-state index in [2.05, 4.69) is 133 Å². The zero-order valence-corrected chi connectivity index (χ0v) is 29.0. The maximum Gasteiger partial charge on any atom is 2.00 e. The van der Waals surface area contributed by atoms with Crippen LogP contribution in [0.1, 0.15) is 144 Å². The first-order chi connectivity index (χ1) is 15.6. The maximum absolute atomic E-state index is 2.49. The third-order valence-corrected chi connectivity index (χ3v) is 10.6. The molecule has 0 saturated heterocycles.